The Balaban J connectivity index is 1.98. The number of halogens is 1. The summed E-state index contributed by atoms with van der Waals surface area (Å²) in [6, 6.07) is 9.61. The fourth-order valence-electron chi connectivity index (χ4n) is 2.33. The third kappa shape index (κ3) is 2.59. The van der Waals surface area contributed by atoms with Crippen LogP contribution < -0.4 is 5.32 Å². The number of aromatic nitrogens is 1. The molecule has 1 aromatic carbocycles. The highest BCUT2D eigenvalue weighted by molar-refractivity contribution is 5.97. The molecule has 3 aromatic rings. The second-order valence-electron chi connectivity index (χ2n) is 4.80. The molecule has 0 saturated heterocycles. The molecular weight excluding hydrogens is 283 g/mol. The zero-order valence-electron chi connectivity index (χ0n) is 11.7. The number of rotatable bonds is 4. The van der Waals surface area contributed by atoms with Crippen LogP contribution in [0.3, 0.4) is 0 Å². The van der Waals surface area contributed by atoms with E-state index in [2.05, 4.69) is 11.2 Å². The van der Waals surface area contributed by atoms with Gasteiger partial charge in [-0.15, -0.1) is 6.42 Å². The van der Waals surface area contributed by atoms with Crippen LogP contribution in [0.2, 0.25) is 0 Å². The molecule has 0 saturated carbocycles. The van der Waals surface area contributed by atoms with Crippen molar-refractivity contribution in [2.24, 2.45) is 0 Å². The lowest BCUT2D eigenvalue weighted by Crippen LogP contribution is -2.26. The van der Waals surface area contributed by atoms with E-state index in [0.29, 0.717) is 17.8 Å². The van der Waals surface area contributed by atoms with Gasteiger partial charge in [-0.1, -0.05) is 18.1 Å². The standard InChI is InChI=1S/C17H13FN2O2/c1-2-8-19-17(21)15-10-16-14(7-9-22-16)20(15)11-12-3-5-13(18)6-4-12/h1,3-7,9-10H,8,11H2,(H,19,21). The third-order valence-electron chi connectivity index (χ3n) is 3.36. The molecule has 110 valence electrons. The van der Waals surface area contributed by atoms with Crippen LogP contribution in [-0.4, -0.2) is 17.0 Å². The maximum atomic E-state index is 13.0. The number of nitrogens with one attached hydrogen (secondary N) is 1. The van der Waals surface area contributed by atoms with Gasteiger partial charge in [-0.3, -0.25) is 4.79 Å². The second-order valence-corrected chi connectivity index (χ2v) is 4.80. The SMILES string of the molecule is C#CCNC(=O)c1cc2occc2n1Cc1ccc(F)cc1. The molecule has 3 rings (SSSR count). The first-order valence-corrected chi connectivity index (χ1v) is 6.72. The number of furan rings is 1. The summed E-state index contributed by atoms with van der Waals surface area (Å²) in [6.45, 7) is 0.587. The van der Waals surface area contributed by atoms with Gasteiger partial charge in [0.1, 0.15) is 11.5 Å². The molecule has 0 atom stereocenters. The second kappa shape index (κ2) is 5.78. The number of terminal acetylenes is 1. The van der Waals surface area contributed by atoms with E-state index >= 15 is 0 Å². The highest BCUT2D eigenvalue weighted by atomic mass is 19.1. The van der Waals surface area contributed by atoms with E-state index in [4.69, 9.17) is 10.8 Å². The van der Waals surface area contributed by atoms with Crippen molar-refractivity contribution in [3.8, 4) is 12.3 Å². The first kappa shape index (κ1) is 14.0. The molecular formula is C17H13FN2O2. The lowest BCUT2D eigenvalue weighted by atomic mass is 10.2. The van der Waals surface area contributed by atoms with Gasteiger partial charge >= 0.3 is 0 Å². The van der Waals surface area contributed by atoms with Crippen molar-refractivity contribution in [1.82, 2.24) is 9.88 Å². The maximum absolute atomic E-state index is 13.0. The maximum Gasteiger partial charge on any atom is 0.268 e. The van der Waals surface area contributed by atoms with Gasteiger partial charge in [0.15, 0.2) is 5.58 Å². The van der Waals surface area contributed by atoms with Gasteiger partial charge in [0.2, 0.25) is 0 Å². The predicted molar refractivity (Wildman–Crippen MR) is 80.9 cm³/mol. The van der Waals surface area contributed by atoms with Crippen LogP contribution in [0.5, 0.6) is 0 Å². The summed E-state index contributed by atoms with van der Waals surface area (Å²) >= 11 is 0. The molecule has 0 fully saturated rings. The summed E-state index contributed by atoms with van der Waals surface area (Å²) in [7, 11) is 0. The number of hydrogen-bond acceptors (Lipinski definition) is 2. The van der Waals surface area contributed by atoms with E-state index in [9.17, 15) is 9.18 Å². The summed E-state index contributed by atoms with van der Waals surface area (Å²) in [4.78, 5) is 12.2. The zero-order valence-corrected chi connectivity index (χ0v) is 11.7. The van der Waals surface area contributed by atoms with Crippen molar-refractivity contribution in [3.63, 3.8) is 0 Å². The molecule has 2 heterocycles. The fraction of sp³-hybridized carbons (Fsp3) is 0.118. The van der Waals surface area contributed by atoms with Crippen LogP contribution in [0.4, 0.5) is 4.39 Å². The van der Waals surface area contributed by atoms with Crippen LogP contribution in [-0.2, 0) is 6.54 Å². The number of carbonyl (C=O) groups excluding carboxylic acids is 1. The molecule has 1 amide bonds. The van der Waals surface area contributed by atoms with Gasteiger partial charge in [-0.05, 0) is 17.7 Å². The molecule has 0 aliphatic carbocycles. The first-order chi connectivity index (χ1) is 10.7. The Kier molecular flexibility index (Phi) is 3.67. The molecule has 0 spiro atoms. The van der Waals surface area contributed by atoms with E-state index in [0.717, 1.165) is 11.1 Å². The van der Waals surface area contributed by atoms with E-state index in [-0.39, 0.29) is 18.3 Å². The molecule has 4 nitrogen and oxygen atoms in total. The number of amides is 1. The fourth-order valence-corrected chi connectivity index (χ4v) is 2.33. The minimum Gasteiger partial charge on any atom is -0.463 e. The topological polar surface area (TPSA) is 47.2 Å². The molecule has 5 heteroatoms. The molecule has 1 N–H and O–H groups in total. The van der Waals surface area contributed by atoms with Crippen LogP contribution in [0.25, 0.3) is 11.1 Å². The predicted octanol–water partition coefficient (Wildman–Crippen LogP) is 2.78. The molecule has 0 aliphatic rings. The largest absolute Gasteiger partial charge is 0.463 e. The number of hydrogen-bond donors (Lipinski definition) is 1. The first-order valence-electron chi connectivity index (χ1n) is 6.72. The summed E-state index contributed by atoms with van der Waals surface area (Å²) in [5, 5.41) is 2.64. The van der Waals surface area contributed by atoms with Gasteiger partial charge in [0.25, 0.3) is 5.91 Å². The highest BCUT2D eigenvalue weighted by Crippen LogP contribution is 2.22. The molecule has 0 aliphatic heterocycles. The zero-order chi connectivity index (χ0) is 15.5. The number of fused-ring (bicyclic) bond motifs is 1. The van der Waals surface area contributed by atoms with Crippen LogP contribution >= 0.6 is 0 Å². The Labute approximate surface area is 126 Å². The van der Waals surface area contributed by atoms with Gasteiger partial charge < -0.3 is 14.3 Å². The van der Waals surface area contributed by atoms with Gasteiger partial charge in [0.05, 0.1) is 18.3 Å². The Morgan fingerprint density at radius 3 is 2.82 bits per heavy atom. The molecule has 22 heavy (non-hydrogen) atoms. The molecule has 0 bridgehead atoms. The van der Waals surface area contributed by atoms with Gasteiger partial charge in [0, 0.05) is 18.7 Å². The average Bonchev–Trinajstić information content (AvgIpc) is 3.09. The van der Waals surface area contributed by atoms with E-state index in [1.54, 1.807) is 30.5 Å². The monoisotopic (exact) mass is 296 g/mol. The van der Waals surface area contributed by atoms with Gasteiger partial charge in [-0.2, -0.15) is 0 Å². The highest BCUT2D eigenvalue weighted by Gasteiger charge is 2.17. The number of carbonyl (C=O) groups is 1. The minimum atomic E-state index is -0.295. The van der Waals surface area contributed by atoms with Crippen LogP contribution in [0.15, 0.2) is 47.1 Å². The third-order valence-corrected chi connectivity index (χ3v) is 3.36. The van der Waals surface area contributed by atoms with Crippen LogP contribution in [0.1, 0.15) is 16.1 Å². The summed E-state index contributed by atoms with van der Waals surface area (Å²) in [5.74, 6) is 1.80. The van der Waals surface area contributed by atoms with Crippen molar-refractivity contribution in [2.75, 3.05) is 6.54 Å². The number of benzene rings is 1. The minimum absolute atomic E-state index is 0.155. The average molecular weight is 296 g/mol. The Hall–Kier alpha value is -3.00. The van der Waals surface area contributed by atoms with E-state index in [1.807, 2.05) is 4.57 Å². The summed E-state index contributed by atoms with van der Waals surface area (Å²) in [6.07, 6.45) is 6.72. The Morgan fingerprint density at radius 1 is 1.32 bits per heavy atom. The van der Waals surface area contributed by atoms with E-state index in [1.165, 1.54) is 12.1 Å². The normalized spacial score (nSPS) is 10.5. The molecule has 2 aromatic heterocycles. The number of nitrogens with zero attached hydrogens (tertiary/aromatic N) is 1. The smallest absolute Gasteiger partial charge is 0.268 e. The summed E-state index contributed by atoms with van der Waals surface area (Å²) < 4.78 is 20.2. The van der Waals surface area contributed by atoms with Crippen molar-refractivity contribution in [2.45, 2.75) is 6.54 Å². The van der Waals surface area contributed by atoms with Crippen molar-refractivity contribution < 1.29 is 13.6 Å². The Morgan fingerprint density at radius 2 is 2.09 bits per heavy atom. The quantitative estimate of drug-likeness (QED) is 0.753. The molecule has 0 unspecified atom stereocenters. The van der Waals surface area contributed by atoms with E-state index < -0.39 is 0 Å². The lowest BCUT2D eigenvalue weighted by Gasteiger charge is -2.10. The molecule has 0 radical (unpaired) electrons. The van der Waals surface area contributed by atoms with Crippen molar-refractivity contribution in [3.05, 3.63) is 59.7 Å². The van der Waals surface area contributed by atoms with Crippen LogP contribution in [0, 0.1) is 18.2 Å². The summed E-state index contributed by atoms with van der Waals surface area (Å²) in [5.41, 5.74) is 2.75. The lowest BCUT2D eigenvalue weighted by molar-refractivity contribution is 0.0950. The van der Waals surface area contributed by atoms with Crippen molar-refractivity contribution >= 4 is 17.0 Å². The van der Waals surface area contributed by atoms with Gasteiger partial charge in [-0.25, -0.2) is 4.39 Å². The van der Waals surface area contributed by atoms with Crippen molar-refractivity contribution in [1.29, 1.82) is 0 Å². The Bertz CT molecular complexity index is 853.